The van der Waals surface area contributed by atoms with Gasteiger partial charge in [0.15, 0.2) is 0 Å². The van der Waals surface area contributed by atoms with E-state index in [-0.39, 0.29) is 38.3 Å². The first kappa shape index (κ1) is 30.5. The number of nitrogens with zero attached hydrogens (tertiary/aromatic N) is 4. The number of piperazine rings is 1. The number of amides is 1. The minimum Gasteiger partial charge on any atom is -0.426 e. The van der Waals surface area contributed by atoms with Gasteiger partial charge in [0.05, 0.1) is 5.56 Å². The quantitative estimate of drug-likeness (QED) is 0.433. The number of carbonyl (C=O) groups excluding carboxylic acids is 1. The van der Waals surface area contributed by atoms with Crippen LogP contribution < -0.4 is 4.90 Å². The van der Waals surface area contributed by atoms with Gasteiger partial charge < -0.3 is 19.4 Å². The highest BCUT2D eigenvalue weighted by Crippen LogP contribution is 2.41. The molecule has 40 heavy (non-hydrogen) atoms. The summed E-state index contributed by atoms with van der Waals surface area (Å²) in [7, 11) is 2.07. The first-order chi connectivity index (χ1) is 18.5. The molecule has 0 aliphatic carbocycles. The molecule has 6 nitrogen and oxygen atoms in total. The van der Waals surface area contributed by atoms with Gasteiger partial charge in [0.25, 0.3) is 6.10 Å². The molecule has 15 heteroatoms. The fourth-order valence-electron chi connectivity index (χ4n) is 5.86. The number of anilines is 1. The van der Waals surface area contributed by atoms with Crippen LogP contribution in [0.1, 0.15) is 36.8 Å². The lowest BCUT2D eigenvalue weighted by Gasteiger charge is -2.45. The molecular weight excluding hydrogens is 559 g/mol. The molecule has 3 aliphatic rings. The van der Waals surface area contributed by atoms with Crippen LogP contribution in [0.25, 0.3) is 0 Å². The molecule has 3 heterocycles. The molecule has 1 aromatic rings. The van der Waals surface area contributed by atoms with Crippen LogP contribution in [0, 0.1) is 0 Å². The van der Waals surface area contributed by atoms with Gasteiger partial charge in [0, 0.05) is 57.0 Å². The summed E-state index contributed by atoms with van der Waals surface area (Å²) in [6.45, 7) is 2.13. The molecule has 0 atom stereocenters. The Bertz CT molecular complexity index is 1030. The number of hydrogen-bond donors (Lipinski definition) is 0. The maximum Gasteiger partial charge on any atom is 0.434 e. The summed E-state index contributed by atoms with van der Waals surface area (Å²) < 4.78 is 121. The molecule has 3 aliphatic heterocycles. The minimum atomic E-state index is -5.81. The Morgan fingerprint density at radius 2 is 1.48 bits per heavy atom. The smallest absolute Gasteiger partial charge is 0.426 e. The molecule has 0 radical (unpaired) electrons. The summed E-state index contributed by atoms with van der Waals surface area (Å²) >= 11 is 0. The topological polar surface area (TPSA) is 39.3 Å². The zero-order chi connectivity index (χ0) is 29.5. The number of piperidine rings is 1. The van der Waals surface area contributed by atoms with Crippen LogP contribution in [-0.4, -0.2) is 97.6 Å². The van der Waals surface area contributed by atoms with Crippen molar-refractivity contribution in [3.8, 4) is 0 Å². The normalized spacial score (nSPS) is 21.5. The van der Waals surface area contributed by atoms with Gasteiger partial charge in [-0.05, 0) is 57.0 Å². The molecule has 0 bridgehead atoms. The first-order valence-corrected chi connectivity index (χ1v) is 13.0. The van der Waals surface area contributed by atoms with Crippen molar-refractivity contribution in [2.75, 3.05) is 57.8 Å². The van der Waals surface area contributed by atoms with Gasteiger partial charge in [-0.15, -0.1) is 0 Å². The standard InChI is InChI=1S/C25H31F9N4O2/c1-35-8-2-5-22(35)6-9-37(10-7-22)19-15-18(23(26,27)28)4-3-17(19)16-36-11-13-38(14-12-36)21(39)40-20(24(29,30)31)25(32,33)34/h3-4,15,20H,2,5-14,16H2,1H3. The lowest BCUT2D eigenvalue weighted by molar-refractivity contribution is -0.308. The predicted molar refractivity (Wildman–Crippen MR) is 127 cm³/mol. The van der Waals surface area contributed by atoms with Crippen molar-refractivity contribution >= 4 is 11.8 Å². The number of ether oxygens (including phenoxy) is 1. The third-order valence-corrected chi connectivity index (χ3v) is 8.23. The fourth-order valence-corrected chi connectivity index (χ4v) is 5.86. The van der Waals surface area contributed by atoms with Crippen LogP contribution in [0.2, 0.25) is 0 Å². The third-order valence-electron chi connectivity index (χ3n) is 8.23. The van der Waals surface area contributed by atoms with Crippen LogP contribution in [0.15, 0.2) is 18.2 Å². The summed E-state index contributed by atoms with van der Waals surface area (Å²) in [4.78, 5) is 18.9. The monoisotopic (exact) mass is 590 g/mol. The Morgan fingerprint density at radius 3 is 1.98 bits per heavy atom. The second kappa shape index (κ2) is 11.1. The number of carbonyl (C=O) groups is 1. The summed E-state index contributed by atoms with van der Waals surface area (Å²) in [5, 5.41) is 0. The average molecular weight is 591 g/mol. The Kier molecular flexibility index (Phi) is 8.48. The van der Waals surface area contributed by atoms with Crippen molar-refractivity contribution in [2.45, 2.75) is 62.4 Å². The zero-order valence-corrected chi connectivity index (χ0v) is 21.8. The summed E-state index contributed by atoms with van der Waals surface area (Å²) in [5.41, 5.74) is 0.348. The number of halogens is 9. The highest BCUT2D eigenvalue weighted by Gasteiger charge is 2.60. The minimum absolute atomic E-state index is 0.0560. The van der Waals surface area contributed by atoms with Crippen molar-refractivity contribution in [3.63, 3.8) is 0 Å². The molecule has 1 amide bonds. The van der Waals surface area contributed by atoms with E-state index in [0.717, 1.165) is 49.3 Å². The number of alkyl halides is 9. The molecule has 1 spiro atoms. The van der Waals surface area contributed by atoms with Crippen molar-refractivity contribution in [2.24, 2.45) is 0 Å². The van der Waals surface area contributed by atoms with Gasteiger partial charge in [0.1, 0.15) is 0 Å². The van der Waals surface area contributed by atoms with Crippen LogP contribution >= 0.6 is 0 Å². The van der Waals surface area contributed by atoms with Gasteiger partial charge in [-0.2, -0.15) is 39.5 Å². The Labute approximate surface area is 225 Å². The van der Waals surface area contributed by atoms with E-state index in [0.29, 0.717) is 24.3 Å². The summed E-state index contributed by atoms with van der Waals surface area (Å²) in [6.07, 6.45) is -18.3. The van der Waals surface area contributed by atoms with Gasteiger partial charge in [-0.1, -0.05) is 6.07 Å². The van der Waals surface area contributed by atoms with E-state index in [1.807, 2.05) is 4.90 Å². The number of hydrogen-bond acceptors (Lipinski definition) is 5. The Morgan fingerprint density at radius 1 is 0.875 bits per heavy atom. The molecule has 226 valence electrons. The number of benzene rings is 1. The lowest BCUT2D eigenvalue weighted by Crippen LogP contribution is -2.52. The molecule has 0 aromatic heterocycles. The SMILES string of the molecule is CN1CCCC12CCN(c1cc(C(F)(F)F)ccc1CN1CCN(C(=O)OC(C(F)(F)F)C(F)(F)F)CC1)CC2. The first-order valence-electron chi connectivity index (χ1n) is 13.0. The van der Waals surface area contributed by atoms with Crippen LogP contribution in [0.5, 0.6) is 0 Å². The Hall–Kier alpha value is -2.42. The molecule has 0 unspecified atom stereocenters. The van der Waals surface area contributed by atoms with E-state index in [1.54, 1.807) is 4.90 Å². The van der Waals surface area contributed by atoms with E-state index in [4.69, 9.17) is 0 Å². The lowest BCUT2D eigenvalue weighted by atomic mass is 9.85. The molecule has 1 aromatic carbocycles. The maximum absolute atomic E-state index is 13.5. The van der Waals surface area contributed by atoms with Gasteiger partial charge in [0.2, 0.25) is 0 Å². The van der Waals surface area contributed by atoms with Crippen molar-refractivity contribution < 1.29 is 49.0 Å². The van der Waals surface area contributed by atoms with E-state index in [2.05, 4.69) is 16.7 Å². The van der Waals surface area contributed by atoms with Crippen molar-refractivity contribution in [3.05, 3.63) is 29.3 Å². The summed E-state index contributed by atoms with van der Waals surface area (Å²) in [5.74, 6) is 0. The molecule has 4 rings (SSSR count). The van der Waals surface area contributed by atoms with E-state index in [1.165, 1.54) is 6.07 Å². The molecular formula is C25H31F9N4O2. The van der Waals surface area contributed by atoms with Crippen LogP contribution in [0.3, 0.4) is 0 Å². The van der Waals surface area contributed by atoms with E-state index in [9.17, 15) is 44.3 Å². The molecule has 3 saturated heterocycles. The van der Waals surface area contributed by atoms with Crippen LogP contribution in [-0.2, 0) is 17.5 Å². The van der Waals surface area contributed by atoms with Gasteiger partial charge in [-0.3, -0.25) is 4.90 Å². The average Bonchev–Trinajstić information content (AvgIpc) is 3.20. The predicted octanol–water partition coefficient (Wildman–Crippen LogP) is 5.52. The molecule has 3 fully saturated rings. The maximum atomic E-state index is 13.5. The second-order valence-electron chi connectivity index (χ2n) is 10.7. The Balaban J connectivity index is 1.42. The van der Waals surface area contributed by atoms with Crippen LogP contribution in [0.4, 0.5) is 50.0 Å². The molecule has 0 N–H and O–H groups in total. The third kappa shape index (κ3) is 6.72. The highest BCUT2D eigenvalue weighted by atomic mass is 19.4. The number of rotatable bonds is 4. The van der Waals surface area contributed by atoms with Gasteiger partial charge in [-0.25, -0.2) is 4.79 Å². The largest absolute Gasteiger partial charge is 0.434 e. The fraction of sp³-hybridized carbons (Fsp3) is 0.720. The van der Waals surface area contributed by atoms with E-state index < -0.39 is 36.3 Å². The highest BCUT2D eigenvalue weighted by molar-refractivity contribution is 5.68. The zero-order valence-electron chi connectivity index (χ0n) is 21.8. The van der Waals surface area contributed by atoms with E-state index >= 15 is 0 Å². The second-order valence-corrected chi connectivity index (χ2v) is 10.7. The molecule has 0 saturated carbocycles. The number of likely N-dealkylation sites (tertiary alicyclic amines) is 1. The summed E-state index contributed by atoms with van der Waals surface area (Å²) in [6, 6.07) is 3.53. The van der Waals surface area contributed by atoms with Crippen molar-refractivity contribution in [1.29, 1.82) is 0 Å². The van der Waals surface area contributed by atoms with Gasteiger partial charge >= 0.3 is 24.6 Å². The van der Waals surface area contributed by atoms with Crippen molar-refractivity contribution in [1.82, 2.24) is 14.7 Å².